The number of quaternary nitrogens is 1. The fraction of sp³-hybridized carbons (Fsp3) is 0.853. The first-order valence-electron chi connectivity index (χ1n) is 16.7. The molecule has 246 valence electrons. The summed E-state index contributed by atoms with van der Waals surface area (Å²) in [6, 6.07) is -0.719. The molecule has 0 amide bonds. The molecular weight excluding hydrogens is 534 g/mol. The van der Waals surface area contributed by atoms with Gasteiger partial charge in [0.1, 0.15) is 12.6 Å². The highest BCUT2D eigenvalue weighted by Crippen LogP contribution is 2.12. The van der Waals surface area contributed by atoms with Crippen LogP contribution in [-0.4, -0.2) is 75.5 Å². The zero-order valence-electron chi connectivity index (χ0n) is 27.7. The van der Waals surface area contributed by atoms with Crippen LogP contribution in [0.15, 0.2) is 12.2 Å². The third-order valence-corrected chi connectivity index (χ3v) is 7.40. The van der Waals surface area contributed by atoms with E-state index < -0.39 is 18.1 Å². The van der Waals surface area contributed by atoms with Gasteiger partial charge in [-0.05, 0) is 38.5 Å². The third-order valence-electron chi connectivity index (χ3n) is 7.40. The summed E-state index contributed by atoms with van der Waals surface area (Å²) in [7, 11) is 5.38. The first-order chi connectivity index (χ1) is 20.1. The number of unbranched alkanes of at least 4 members (excludes halogenated alkanes) is 13. The number of carboxylic acids is 1. The van der Waals surface area contributed by atoms with Gasteiger partial charge in [0.2, 0.25) is 0 Å². The molecule has 2 atom stereocenters. The van der Waals surface area contributed by atoms with E-state index in [1.807, 2.05) is 0 Å². The number of carboxylic acid groups (broad SMARTS) is 1. The van der Waals surface area contributed by atoms with Gasteiger partial charge in [0, 0.05) is 19.3 Å². The van der Waals surface area contributed by atoms with Crippen molar-refractivity contribution in [1.82, 2.24) is 0 Å². The minimum atomic E-state index is -1.13. The molecule has 0 N–H and O–H groups in total. The van der Waals surface area contributed by atoms with E-state index in [1.165, 1.54) is 38.5 Å². The molecule has 8 nitrogen and oxygen atoms in total. The van der Waals surface area contributed by atoms with E-state index >= 15 is 0 Å². The maximum absolute atomic E-state index is 12.5. The molecular formula is C34H63NO7. The van der Waals surface area contributed by atoms with Gasteiger partial charge < -0.3 is 28.6 Å². The van der Waals surface area contributed by atoms with Crippen molar-refractivity contribution < 1.29 is 38.2 Å². The monoisotopic (exact) mass is 597 g/mol. The average Bonchev–Trinajstić information content (AvgIpc) is 2.92. The molecule has 0 radical (unpaired) electrons. The van der Waals surface area contributed by atoms with Crippen molar-refractivity contribution in [3.63, 3.8) is 0 Å². The molecule has 0 aromatic rings. The Labute approximate surface area is 257 Å². The van der Waals surface area contributed by atoms with E-state index in [4.69, 9.17) is 14.2 Å². The molecule has 0 bridgehead atoms. The molecule has 0 aliphatic carbocycles. The first kappa shape index (κ1) is 40.1. The normalized spacial score (nSPS) is 13.3. The van der Waals surface area contributed by atoms with Crippen LogP contribution in [0, 0.1) is 0 Å². The highest BCUT2D eigenvalue weighted by Gasteiger charge is 2.25. The van der Waals surface area contributed by atoms with Gasteiger partial charge in [-0.1, -0.05) is 90.2 Å². The highest BCUT2D eigenvalue weighted by atomic mass is 16.6. The van der Waals surface area contributed by atoms with E-state index in [-0.39, 0.29) is 42.7 Å². The Hall–Kier alpha value is -1.93. The number of ether oxygens (including phenoxy) is 3. The molecule has 0 spiro atoms. The number of aliphatic carboxylic acids is 1. The summed E-state index contributed by atoms with van der Waals surface area (Å²) in [4.78, 5) is 36.2. The van der Waals surface area contributed by atoms with Crippen LogP contribution in [0.2, 0.25) is 0 Å². The number of carbonyl (C=O) groups excluding carboxylic acids is 3. The van der Waals surface area contributed by atoms with Crippen molar-refractivity contribution in [3.05, 3.63) is 12.2 Å². The summed E-state index contributed by atoms with van der Waals surface area (Å²) in [5.41, 5.74) is 0. The molecule has 8 heteroatoms. The quantitative estimate of drug-likeness (QED) is 0.0432. The maximum atomic E-state index is 12.5. The predicted molar refractivity (Wildman–Crippen MR) is 167 cm³/mol. The zero-order chi connectivity index (χ0) is 31.5. The predicted octanol–water partition coefficient (Wildman–Crippen LogP) is 6.29. The Kier molecular flexibility index (Phi) is 25.5. The minimum absolute atomic E-state index is 0.0402. The standard InChI is InChI=1S/C34H63NO7/c1-6-8-10-12-13-14-15-16-17-18-19-21-23-25-33(37)42-30(29-41-32(36)24-22-20-11-9-7-2)28-40-27-26-31(34(38)39)35(3,4)5/h14-15,30-31H,6-13,16-29H2,1-5H3/b15-14-. The van der Waals surface area contributed by atoms with Crippen molar-refractivity contribution >= 4 is 17.9 Å². The molecule has 2 unspecified atom stereocenters. The van der Waals surface area contributed by atoms with Crippen molar-refractivity contribution in [2.45, 2.75) is 148 Å². The molecule has 0 fully saturated rings. The van der Waals surface area contributed by atoms with Gasteiger partial charge in [-0.3, -0.25) is 9.59 Å². The lowest BCUT2D eigenvalue weighted by molar-refractivity contribution is -0.889. The summed E-state index contributed by atoms with van der Waals surface area (Å²) < 4.78 is 16.9. The smallest absolute Gasteiger partial charge is 0.306 e. The third kappa shape index (κ3) is 24.6. The number of allylic oxidation sites excluding steroid dienone is 2. The summed E-state index contributed by atoms with van der Waals surface area (Å²) in [5, 5.41) is 11.5. The molecule has 0 saturated heterocycles. The summed E-state index contributed by atoms with van der Waals surface area (Å²) >= 11 is 0. The lowest BCUT2D eigenvalue weighted by Gasteiger charge is -2.34. The second-order valence-electron chi connectivity index (χ2n) is 12.4. The Morgan fingerprint density at radius 2 is 1.19 bits per heavy atom. The Morgan fingerprint density at radius 1 is 0.690 bits per heavy atom. The highest BCUT2D eigenvalue weighted by molar-refractivity contribution is 5.70. The lowest BCUT2D eigenvalue weighted by atomic mass is 10.1. The van der Waals surface area contributed by atoms with Crippen LogP contribution in [0.3, 0.4) is 0 Å². The molecule has 0 aromatic carbocycles. The van der Waals surface area contributed by atoms with Crippen molar-refractivity contribution in [2.75, 3.05) is 41.0 Å². The largest absolute Gasteiger partial charge is 0.544 e. The first-order valence-corrected chi connectivity index (χ1v) is 16.7. The van der Waals surface area contributed by atoms with Gasteiger partial charge in [0.25, 0.3) is 0 Å². The number of likely N-dealkylation sites (N-methyl/N-ethyl adjacent to an activating group) is 1. The van der Waals surface area contributed by atoms with Crippen LogP contribution in [0.4, 0.5) is 0 Å². The second-order valence-corrected chi connectivity index (χ2v) is 12.4. The summed E-state index contributed by atoms with van der Waals surface area (Å²) in [6.07, 6.45) is 22.6. The Bertz CT molecular complexity index is 717. The van der Waals surface area contributed by atoms with Gasteiger partial charge in [-0.15, -0.1) is 0 Å². The number of hydrogen-bond acceptors (Lipinski definition) is 7. The van der Waals surface area contributed by atoms with E-state index in [1.54, 1.807) is 21.1 Å². The molecule has 0 heterocycles. The van der Waals surface area contributed by atoms with Crippen LogP contribution in [0.1, 0.15) is 136 Å². The van der Waals surface area contributed by atoms with Crippen LogP contribution >= 0.6 is 0 Å². The summed E-state index contributed by atoms with van der Waals surface area (Å²) in [5.74, 6) is -1.76. The number of hydrogen-bond donors (Lipinski definition) is 0. The average molecular weight is 598 g/mol. The van der Waals surface area contributed by atoms with Crippen molar-refractivity contribution in [1.29, 1.82) is 0 Å². The number of carbonyl (C=O) groups is 3. The van der Waals surface area contributed by atoms with E-state index in [9.17, 15) is 19.5 Å². The zero-order valence-corrected chi connectivity index (χ0v) is 27.7. The SMILES string of the molecule is CCCCCC/C=C\CCCCCCCC(=O)OC(COCCC(C(=O)[O-])[N+](C)(C)C)COC(=O)CCCCCCC. The number of nitrogens with zero attached hydrogens (tertiary/aromatic N) is 1. The van der Waals surface area contributed by atoms with Crippen molar-refractivity contribution in [3.8, 4) is 0 Å². The van der Waals surface area contributed by atoms with E-state index in [0.717, 1.165) is 64.2 Å². The van der Waals surface area contributed by atoms with Gasteiger partial charge in [0.05, 0.1) is 40.3 Å². The minimum Gasteiger partial charge on any atom is -0.544 e. The number of esters is 2. The Balaban J connectivity index is 4.42. The number of rotatable bonds is 29. The molecule has 0 aliphatic rings. The van der Waals surface area contributed by atoms with Gasteiger partial charge in [0.15, 0.2) is 6.10 Å². The Morgan fingerprint density at radius 3 is 1.74 bits per heavy atom. The maximum Gasteiger partial charge on any atom is 0.306 e. The fourth-order valence-electron chi connectivity index (χ4n) is 4.71. The van der Waals surface area contributed by atoms with Crippen LogP contribution < -0.4 is 5.11 Å². The van der Waals surface area contributed by atoms with Crippen LogP contribution in [0.25, 0.3) is 0 Å². The second kappa shape index (κ2) is 26.7. The van der Waals surface area contributed by atoms with Gasteiger partial charge >= 0.3 is 11.9 Å². The van der Waals surface area contributed by atoms with Gasteiger partial charge in [-0.25, -0.2) is 0 Å². The van der Waals surface area contributed by atoms with Crippen LogP contribution in [0.5, 0.6) is 0 Å². The topological polar surface area (TPSA) is 102 Å². The summed E-state index contributed by atoms with van der Waals surface area (Å²) in [6.45, 7) is 4.52. The molecule has 0 saturated carbocycles. The van der Waals surface area contributed by atoms with Crippen LogP contribution in [-0.2, 0) is 28.6 Å². The lowest BCUT2D eigenvalue weighted by Crippen LogP contribution is -2.55. The fourth-order valence-corrected chi connectivity index (χ4v) is 4.71. The van der Waals surface area contributed by atoms with Gasteiger partial charge in [-0.2, -0.15) is 0 Å². The van der Waals surface area contributed by atoms with E-state index in [0.29, 0.717) is 12.8 Å². The molecule has 42 heavy (non-hydrogen) atoms. The molecule has 0 rings (SSSR count). The molecule has 0 aromatic heterocycles. The molecule has 0 aliphatic heterocycles. The van der Waals surface area contributed by atoms with Crippen molar-refractivity contribution in [2.24, 2.45) is 0 Å². The van der Waals surface area contributed by atoms with E-state index in [2.05, 4.69) is 26.0 Å².